The third-order valence-electron chi connectivity index (χ3n) is 2.98. The van der Waals surface area contributed by atoms with Crippen molar-refractivity contribution < 1.29 is 4.79 Å². The summed E-state index contributed by atoms with van der Waals surface area (Å²) in [6.07, 6.45) is 0. The first kappa shape index (κ1) is 15.0. The predicted molar refractivity (Wildman–Crippen MR) is 85.1 cm³/mol. The Bertz CT molecular complexity index is 628. The molecule has 0 aromatic heterocycles. The second-order valence-corrected chi connectivity index (χ2v) is 5.13. The first-order valence-electron chi connectivity index (χ1n) is 6.15. The van der Waals surface area contributed by atoms with E-state index < -0.39 is 0 Å². The number of halogens is 2. The summed E-state index contributed by atoms with van der Waals surface area (Å²) in [7, 11) is 5.79. The first-order chi connectivity index (χ1) is 9.52. The van der Waals surface area contributed by atoms with Gasteiger partial charge in [0.05, 0.1) is 5.02 Å². The summed E-state index contributed by atoms with van der Waals surface area (Å²) in [6.45, 7) is 2.58. The molecule has 5 heteroatoms. The lowest BCUT2D eigenvalue weighted by atomic mass is 10.0. The molecule has 0 saturated heterocycles. The summed E-state index contributed by atoms with van der Waals surface area (Å²) in [6, 6.07) is 11.9. The molecule has 0 amide bonds. The maximum atomic E-state index is 12.4. The van der Waals surface area contributed by atoms with Crippen LogP contribution in [0.2, 0.25) is 10.0 Å². The average Bonchev–Trinajstić information content (AvgIpc) is 2.46. The van der Waals surface area contributed by atoms with Gasteiger partial charge in [0.15, 0.2) is 5.78 Å². The Kier molecular flexibility index (Phi) is 4.74. The molecular formula is C15H12BCl2NO. The van der Waals surface area contributed by atoms with E-state index in [4.69, 9.17) is 31.2 Å². The Hall–Kier alpha value is -1.45. The highest BCUT2D eigenvalue weighted by atomic mass is 35.5. The van der Waals surface area contributed by atoms with Crippen LogP contribution in [0.5, 0.6) is 0 Å². The van der Waals surface area contributed by atoms with Gasteiger partial charge >= 0.3 is 0 Å². The molecule has 2 radical (unpaired) electrons. The molecule has 0 bridgehead atoms. The third kappa shape index (κ3) is 3.17. The van der Waals surface area contributed by atoms with Gasteiger partial charge in [-0.15, -0.1) is 0 Å². The van der Waals surface area contributed by atoms with Gasteiger partial charge in [0.2, 0.25) is 7.98 Å². The number of benzene rings is 2. The normalized spacial score (nSPS) is 10.3. The molecule has 0 aliphatic heterocycles. The fraction of sp³-hybridized carbons (Fsp3) is 0.133. The molecule has 100 valence electrons. The van der Waals surface area contributed by atoms with E-state index in [1.165, 1.54) is 0 Å². The van der Waals surface area contributed by atoms with E-state index in [1.807, 2.05) is 6.92 Å². The summed E-state index contributed by atoms with van der Waals surface area (Å²) in [5.41, 5.74) is 1.76. The lowest BCUT2D eigenvalue weighted by Crippen LogP contribution is -2.18. The smallest absolute Gasteiger partial charge is 0.226 e. The zero-order chi connectivity index (χ0) is 14.7. The van der Waals surface area contributed by atoms with Crippen molar-refractivity contribution in [2.24, 2.45) is 0 Å². The van der Waals surface area contributed by atoms with Crippen molar-refractivity contribution in [2.75, 3.05) is 11.4 Å². The fourth-order valence-corrected chi connectivity index (χ4v) is 2.19. The molecule has 0 aliphatic rings. The van der Waals surface area contributed by atoms with Crippen LogP contribution in [0.3, 0.4) is 0 Å². The largest absolute Gasteiger partial charge is 0.425 e. The Balaban J connectivity index is 2.33. The molecule has 0 unspecified atom stereocenters. The Morgan fingerprint density at radius 3 is 2.35 bits per heavy atom. The van der Waals surface area contributed by atoms with Crippen molar-refractivity contribution >= 4 is 42.7 Å². The number of rotatable bonds is 4. The molecule has 2 aromatic carbocycles. The molecule has 2 nitrogen and oxygen atoms in total. The van der Waals surface area contributed by atoms with Gasteiger partial charge in [-0.2, -0.15) is 0 Å². The van der Waals surface area contributed by atoms with Crippen molar-refractivity contribution in [1.82, 2.24) is 0 Å². The first-order valence-corrected chi connectivity index (χ1v) is 6.90. The minimum atomic E-state index is -0.140. The zero-order valence-electron chi connectivity index (χ0n) is 10.9. The average molecular weight is 304 g/mol. The van der Waals surface area contributed by atoms with Crippen molar-refractivity contribution in [2.45, 2.75) is 6.92 Å². The van der Waals surface area contributed by atoms with Crippen molar-refractivity contribution in [3.63, 3.8) is 0 Å². The summed E-state index contributed by atoms with van der Waals surface area (Å²) in [4.78, 5) is 13.9. The second kappa shape index (κ2) is 6.34. The van der Waals surface area contributed by atoms with Gasteiger partial charge in [0.1, 0.15) is 0 Å². The number of hydrogen-bond donors (Lipinski definition) is 0. The van der Waals surface area contributed by atoms with E-state index in [0.717, 1.165) is 5.69 Å². The molecule has 0 aliphatic carbocycles. The molecule has 0 heterocycles. The van der Waals surface area contributed by atoms with Crippen LogP contribution in [0, 0.1) is 0 Å². The number of ketones is 1. The fourth-order valence-electron chi connectivity index (χ4n) is 1.81. The van der Waals surface area contributed by atoms with Gasteiger partial charge in [0.25, 0.3) is 0 Å². The molecule has 0 spiro atoms. The van der Waals surface area contributed by atoms with Crippen LogP contribution in [0.4, 0.5) is 5.69 Å². The standard InChI is InChI=1S/C15H12BCl2NO/c1-2-19(16)12-7-8-13(14(18)9-12)15(20)10-3-5-11(17)6-4-10/h3-9H,2H2,1H3. The highest BCUT2D eigenvalue weighted by molar-refractivity contribution is 6.35. The van der Waals surface area contributed by atoms with E-state index in [1.54, 1.807) is 47.3 Å². The summed E-state index contributed by atoms with van der Waals surface area (Å²) in [5.74, 6) is -0.140. The van der Waals surface area contributed by atoms with E-state index in [9.17, 15) is 4.79 Å². The minimum absolute atomic E-state index is 0.140. The van der Waals surface area contributed by atoms with E-state index in [-0.39, 0.29) is 5.78 Å². The summed E-state index contributed by atoms with van der Waals surface area (Å²) >= 11 is 12.0. The molecular weight excluding hydrogens is 292 g/mol. The van der Waals surface area contributed by atoms with Crippen LogP contribution in [0.1, 0.15) is 22.8 Å². The van der Waals surface area contributed by atoms with Crippen molar-refractivity contribution in [3.05, 3.63) is 63.6 Å². The number of carbonyl (C=O) groups excluding carboxylic acids is 1. The zero-order valence-corrected chi connectivity index (χ0v) is 12.4. The van der Waals surface area contributed by atoms with Gasteiger partial charge in [-0.05, 0) is 49.4 Å². The van der Waals surface area contributed by atoms with E-state index >= 15 is 0 Å². The topological polar surface area (TPSA) is 20.3 Å². The highest BCUT2D eigenvalue weighted by Gasteiger charge is 2.13. The maximum absolute atomic E-state index is 12.4. The molecule has 0 fully saturated rings. The highest BCUT2D eigenvalue weighted by Crippen LogP contribution is 2.25. The van der Waals surface area contributed by atoms with Crippen LogP contribution in [0.25, 0.3) is 0 Å². The van der Waals surface area contributed by atoms with Gasteiger partial charge in [0, 0.05) is 28.4 Å². The minimum Gasteiger partial charge on any atom is -0.425 e. The Labute approximate surface area is 129 Å². The number of anilines is 1. The quantitative estimate of drug-likeness (QED) is 0.625. The second-order valence-electron chi connectivity index (χ2n) is 4.29. The monoisotopic (exact) mass is 303 g/mol. The Morgan fingerprint density at radius 2 is 1.80 bits per heavy atom. The van der Waals surface area contributed by atoms with Gasteiger partial charge in [-0.1, -0.05) is 23.2 Å². The van der Waals surface area contributed by atoms with Crippen LogP contribution in [0.15, 0.2) is 42.5 Å². The third-order valence-corrected chi connectivity index (χ3v) is 3.54. The lowest BCUT2D eigenvalue weighted by Gasteiger charge is -2.18. The Morgan fingerprint density at radius 1 is 1.15 bits per heavy atom. The van der Waals surface area contributed by atoms with Crippen LogP contribution in [-0.4, -0.2) is 20.3 Å². The van der Waals surface area contributed by atoms with E-state index in [0.29, 0.717) is 27.7 Å². The van der Waals surface area contributed by atoms with Gasteiger partial charge in [-0.3, -0.25) is 4.79 Å². The summed E-state index contributed by atoms with van der Waals surface area (Å²) < 4.78 is 0. The predicted octanol–water partition coefficient (Wildman–Crippen LogP) is 4.13. The van der Waals surface area contributed by atoms with Crippen LogP contribution < -0.4 is 4.81 Å². The van der Waals surface area contributed by atoms with E-state index in [2.05, 4.69) is 0 Å². The molecule has 0 atom stereocenters. The SMILES string of the molecule is [B]N(CC)c1ccc(C(=O)c2ccc(Cl)cc2)c(Cl)c1. The molecule has 2 rings (SSSR count). The van der Waals surface area contributed by atoms with Gasteiger partial charge < -0.3 is 4.81 Å². The van der Waals surface area contributed by atoms with Crippen molar-refractivity contribution in [1.29, 1.82) is 0 Å². The molecule has 2 aromatic rings. The lowest BCUT2D eigenvalue weighted by molar-refractivity contribution is 0.103. The van der Waals surface area contributed by atoms with Gasteiger partial charge in [-0.25, -0.2) is 0 Å². The molecule has 0 saturated carbocycles. The summed E-state index contributed by atoms with van der Waals surface area (Å²) in [5, 5.41) is 0.969. The van der Waals surface area contributed by atoms with Crippen LogP contribution >= 0.6 is 23.2 Å². The van der Waals surface area contributed by atoms with Crippen LogP contribution in [-0.2, 0) is 0 Å². The number of carbonyl (C=O) groups is 1. The molecule has 20 heavy (non-hydrogen) atoms. The maximum Gasteiger partial charge on any atom is 0.226 e. The number of nitrogens with zero attached hydrogens (tertiary/aromatic N) is 1. The number of hydrogen-bond acceptors (Lipinski definition) is 2. The molecule has 0 N–H and O–H groups in total. The van der Waals surface area contributed by atoms with Crippen molar-refractivity contribution in [3.8, 4) is 0 Å².